The molecule has 0 saturated carbocycles. The van der Waals surface area contributed by atoms with Gasteiger partial charge in [0.05, 0.1) is 13.2 Å². The van der Waals surface area contributed by atoms with Gasteiger partial charge in [0.2, 0.25) is 0 Å². The van der Waals surface area contributed by atoms with E-state index >= 15 is 0 Å². The Bertz CT molecular complexity index is 410. The number of para-hydroxylation sites is 1. The summed E-state index contributed by atoms with van der Waals surface area (Å²) in [7, 11) is 0. The fraction of sp³-hybridized carbons (Fsp3) is 0.400. The van der Waals surface area contributed by atoms with Crippen molar-refractivity contribution in [3.8, 4) is 5.75 Å². The lowest BCUT2D eigenvalue weighted by atomic mass is 10.3. The Balaban J connectivity index is 2.78. The Labute approximate surface area is 119 Å². The standard InChI is InChI=1S/C15H20O5/c1-4-14(16)20-15(18-5-2,19-6-3)12-17-13-10-8-7-9-11-13/h4,7-11H,1,5-6,12H2,2-3H3. The maximum Gasteiger partial charge on any atom is 0.365 e. The summed E-state index contributed by atoms with van der Waals surface area (Å²) in [5.41, 5.74) is 0. The molecule has 1 aromatic rings. The first-order valence-corrected chi connectivity index (χ1v) is 6.47. The zero-order valence-electron chi connectivity index (χ0n) is 11.8. The van der Waals surface area contributed by atoms with Gasteiger partial charge in [0.15, 0.2) is 6.61 Å². The minimum Gasteiger partial charge on any atom is -0.484 e. The molecule has 20 heavy (non-hydrogen) atoms. The number of carbonyl (C=O) groups is 1. The molecule has 0 aromatic heterocycles. The van der Waals surface area contributed by atoms with E-state index < -0.39 is 11.9 Å². The first-order chi connectivity index (χ1) is 9.65. The van der Waals surface area contributed by atoms with Crippen LogP contribution in [0.3, 0.4) is 0 Å². The summed E-state index contributed by atoms with van der Waals surface area (Å²) in [4.78, 5) is 11.4. The molecular weight excluding hydrogens is 260 g/mol. The summed E-state index contributed by atoms with van der Waals surface area (Å²) in [5.74, 6) is -1.57. The lowest BCUT2D eigenvalue weighted by Gasteiger charge is -2.31. The van der Waals surface area contributed by atoms with Gasteiger partial charge in [-0.05, 0) is 26.0 Å². The van der Waals surface area contributed by atoms with Crippen molar-refractivity contribution in [3.05, 3.63) is 43.0 Å². The number of rotatable bonds is 9. The van der Waals surface area contributed by atoms with E-state index in [1.807, 2.05) is 18.2 Å². The van der Waals surface area contributed by atoms with Gasteiger partial charge in [0.25, 0.3) is 0 Å². The molecule has 0 unspecified atom stereocenters. The highest BCUT2D eigenvalue weighted by Gasteiger charge is 2.37. The van der Waals surface area contributed by atoms with Crippen LogP contribution in [0.2, 0.25) is 0 Å². The van der Waals surface area contributed by atoms with Gasteiger partial charge in [0, 0.05) is 6.08 Å². The average Bonchev–Trinajstić information content (AvgIpc) is 2.47. The molecule has 0 N–H and O–H groups in total. The molecule has 0 aliphatic carbocycles. The van der Waals surface area contributed by atoms with Crippen molar-refractivity contribution in [2.45, 2.75) is 19.8 Å². The molecule has 0 aliphatic heterocycles. The van der Waals surface area contributed by atoms with Crippen LogP contribution in [0, 0.1) is 0 Å². The Morgan fingerprint density at radius 1 is 1.20 bits per heavy atom. The van der Waals surface area contributed by atoms with E-state index in [4.69, 9.17) is 18.9 Å². The van der Waals surface area contributed by atoms with Gasteiger partial charge in [-0.15, -0.1) is 0 Å². The van der Waals surface area contributed by atoms with Crippen LogP contribution < -0.4 is 4.74 Å². The molecule has 1 aromatic carbocycles. The molecule has 0 amide bonds. The van der Waals surface area contributed by atoms with Crippen LogP contribution in [0.1, 0.15) is 13.8 Å². The molecule has 0 aliphatic rings. The van der Waals surface area contributed by atoms with Gasteiger partial charge in [-0.2, -0.15) is 0 Å². The molecule has 0 bridgehead atoms. The van der Waals surface area contributed by atoms with Gasteiger partial charge >= 0.3 is 11.9 Å². The second kappa shape index (κ2) is 8.35. The molecule has 0 heterocycles. The second-order valence-electron chi connectivity index (χ2n) is 3.78. The summed E-state index contributed by atoms with van der Waals surface area (Å²) >= 11 is 0. The summed E-state index contributed by atoms with van der Waals surface area (Å²) in [6.07, 6.45) is 1.05. The monoisotopic (exact) mass is 280 g/mol. The number of hydrogen-bond donors (Lipinski definition) is 0. The molecule has 0 saturated heterocycles. The molecule has 5 heteroatoms. The zero-order chi connectivity index (χ0) is 14.8. The minimum atomic E-state index is -1.56. The van der Waals surface area contributed by atoms with E-state index in [2.05, 4.69) is 6.58 Å². The van der Waals surface area contributed by atoms with Crippen molar-refractivity contribution in [1.29, 1.82) is 0 Å². The number of ether oxygens (including phenoxy) is 4. The smallest absolute Gasteiger partial charge is 0.365 e. The SMILES string of the molecule is C=CC(=O)OC(COc1ccccc1)(OCC)OCC. The topological polar surface area (TPSA) is 54.0 Å². The van der Waals surface area contributed by atoms with Gasteiger partial charge in [-0.1, -0.05) is 24.8 Å². The van der Waals surface area contributed by atoms with Crippen molar-refractivity contribution in [3.63, 3.8) is 0 Å². The highest BCUT2D eigenvalue weighted by Crippen LogP contribution is 2.19. The number of benzene rings is 1. The first-order valence-electron chi connectivity index (χ1n) is 6.47. The largest absolute Gasteiger partial charge is 0.484 e. The average molecular weight is 280 g/mol. The second-order valence-corrected chi connectivity index (χ2v) is 3.78. The van der Waals surface area contributed by atoms with E-state index in [1.165, 1.54) is 0 Å². The summed E-state index contributed by atoms with van der Waals surface area (Å²) in [6, 6.07) is 9.14. The van der Waals surface area contributed by atoms with E-state index in [1.54, 1.807) is 26.0 Å². The van der Waals surface area contributed by atoms with E-state index in [9.17, 15) is 4.79 Å². The predicted molar refractivity (Wildman–Crippen MR) is 74.2 cm³/mol. The number of carbonyl (C=O) groups excluding carboxylic acids is 1. The predicted octanol–water partition coefficient (Wildman–Crippen LogP) is 2.52. The summed E-state index contributed by atoms with van der Waals surface area (Å²) in [6.45, 7) is 7.45. The Morgan fingerprint density at radius 2 is 1.80 bits per heavy atom. The molecule has 5 nitrogen and oxygen atoms in total. The lowest BCUT2D eigenvalue weighted by molar-refractivity contribution is -0.367. The first kappa shape index (κ1) is 16.2. The van der Waals surface area contributed by atoms with Crippen molar-refractivity contribution < 1.29 is 23.7 Å². The van der Waals surface area contributed by atoms with E-state index in [0.29, 0.717) is 19.0 Å². The van der Waals surface area contributed by atoms with E-state index in [-0.39, 0.29) is 6.61 Å². The Kier molecular flexibility index (Phi) is 6.76. The van der Waals surface area contributed by atoms with Crippen molar-refractivity contribution in [2.75, 3.05) is 19.8 Å². The van der Waals surface area contributed by atoms with Gasteiger partial charge in [-0.25, -0.2) is 4.79 Å². The molecule has 1 rings (SSSR count). The Morgan fingerprint density at radius 3 is 2.30 bits per heavy atom. The molecule has 0 spiro atoms. The molecule has 0 fully saturated rings. The Hall–Kier alpha value is -1.85. The highest BCUT2D eigenvalue weighted by molar-refractivity contribution is 5.81. The summed E-state index contributed by atoms with van der Waals surface area (Å²) < 4.78 is 21.6. The van der Waals surface area contributed by atoms with Gasteiger partial charge < -0.3 is 18.9 Å². The number of esters is 1. The van der Waals surface area contributed by atoms with E-state index in [0.717, 1.165) is 6.08 Å². The summed E-state index contributed by atoms with van der Waals surface area (Å²) in [5, 5.41) is 0. The van der Waals surface area contributed by atoms with Crippen molar-refractivity contribution in [1.82, 2.24) is 0 Å². The maximum absolute atomic E-state index is 11.4. The van der Waals surface area contributed by atoms with Gasteiger partial charge in [-0.3, -0.25) is 0 Å². The number of hydrogen-bond acceptors (Lipinski definition) is 5. The van der Waals surface area contributed by atoms with Crippen LogP contribution in [0.15, 0.2) is 43.0 Å². The quantitative estimate of drug-likeness (QED) is 0.395. The van der Waals surface area contributed by atoms with Crippen LogP contribution in [0.4, 0.5) is 0 Å². The molecule has 0 atom stereocenters. The van der Waals surface area contributed by atoms with Crippen molar-refractivity contribution in [2.24, 2.45) is 0 Å². The molecule has 110 valence electrons. The lowest BCUT2D eigenvalue weighted by Crippen LogP contribution is -2.46. The zero-order valence-corrected chi connectivity index (χ0v) is 11.8. The fourth-order valence-electron chi connectivity index (χ4n) is 1.54. The normalized spacial score (nSPS) is 10.9. The fourth-order valence-corrected chi connectivity index (χ4v) is 1.54. The van der Waals surface area contributed by atoms with Crippen LogP contribution in [-0.4, -0.2) is 31.8 Å². The third kappa shape index (κ3) is 5.03. The van der Waals surface area contributed by atoms with Crippen molar-refractivity contribution >= 4 is 5.97 Å². The van der Waals surface area contributed by atoms with Crippen LogP contribution in [0.25, 0.3) is 0 Å². The molecular formula is C15H20O5. The third-order valence-electron chi connectivity index (χ3n) is 2.31. The maximum atomic E-state index is 11.4. The molecule has 0 radical (unpaired) electrons. The minimum absolute atomic E-state index is 0.0712. The van der Waals surface area contributed by atoms with Crippen LogP contribution >= 0.6 is 0 Å². The van der Waals surface area contributed by atoms with Crippen LogP contribution in [-0.2, 0) is 19.0 Å². The third-order valence-corrected chi connectivity index (χ3v) is 2.31. The van der Waals surface area contributed by atoms with Crippen LogP contribution in [0.5, 0.6) is 5.75 Å². The highest BCUT2D eigenvalue weighted by atomic mass is 16.9. The van der Waals surface area contributed by atoms with Gasteiger partial charge in [0.1, 0.15) is 5.75 Å².